The fourth-order valence-corrected chi connectivity index (χ4v) is 2.24. The number of anilines is 1. The first kappa shape index (κ1) is 19.0. The molecule has 6 nitrogen and oxygen atoms in total. The van der Waals surface area contributed by atoms with Gasteiger partial charge in [0.05, 0.1) is 6.61 Å². The highest BCUT2D eigenvalue weighted by Crippen LogP contribution is 2.45. The Hall–Kier alpha value is -2.34. The van der Waals surface area contributed by atoms with E-state index in [-0.39, 0.29) is 17.1 Å². The Morgan fingerprint density at radius 2 is 2.00 bits per heavy atom. The van der Waals surface area contributed by atoms with Crippen molar-refractivity contribution in [2.75, 3.05) is 31.6 Å². The van der Waals surface area contributed by atoms with Crippen molar-refractivity contribution >= 4 is 17.8 Å². The Morgan fingerprint density at radius 3 is 2.60 bits per heavy atom. The molecule has 0 heterocycles. The fraction of sp³-hybridized carbons (Fsp3) is 0.474. The molecule has 1 aliphatic carbocycles. The molecule has 25 heavy (non-hydrogen) atoms. The lowest BCUT2D eigenvalue weighted by Crippen LogP contribution is -2.31. The van der Waals surface area contributed by atoms with Crippen LogP contribution < -0.4 is 16.0 Å². The van der Waals surface area contributed by atoms with Crippen molar-refractivity contribution in [3.8, 4) is 0 Å². The minimum atomic E-state index is -0.343. The molecule has 0 spiro atoms. The summed E-state index contributed by atoms with van der Waals surface area (Å²) in [6, 6.07) is 9.25. The maximum absolute atomic E-state index is 12.7. The van der Waals surface area contributed by atoms with Gasteiger partial charge in [0.15, 0.2) is 0 Å². The van der Waals surface area contributed by atoms with Gasteiger partial charge in [0.25, 0.3) is 5.91 Å². The predicted molar refractivity (Wildman–Crippen MR) is 101 cm³/mol. The molecule has 0 atom stereocenters. The standard InChI is InChI=1S/C19H28N4O2/c1-3-21-11-12-22-16(13-20)17(25-14-19(2)9-10-19)18(24)23-15-7-5-4-6-8-15/h4-8,13,20-22H,3,9-12,14H2,1-2H3,(H,23,24)/b17-16-,20-13?. The Morgan fingerprint density at radius 1 is 1.28 bits per heavy atom. The van der Waals surface area contributed by atoms with Crippen LogP contribution >= 0.6 is 0 Å². The van der Waals surface area contributed by atoms with E-state index < -0.39 is 0 Å². The number of carbonyl (C=O) groups excluding carboxylic acids is 1. The summed E-state index contributed by atoms with van der Waals surface area (Å²) in [4.78, 5) is 12.7. The van der Waals surface area contributed by atoms with E-state index >= 15 is 0 Å². The first-order chi connectivity index (χ1) is 12.1. The van der Waals surface area contributed by atoms with Gasteiger partial charge in [-0.25, -0.2) is 0 Å². The van der Waals surface area contributed by atoms with Crippen LogP contribution in [0.15, 0.2) is 41.8 Å². The highest BCUT2D eigenvalue weighted by molar-refractivity contribution is 6.05. The van der Waals surface area contributed by atoms with Crippen LogP contribution in [0.25, 0.3) is 0 Å². The van der Waals surface area contributed by atoms with E-state index in [9.17, 15) is 4.79 Å². The van der Waals surface area contributed by atoms with Crippen molar-refractivity contribution in [3.05, 3.63) is 41.8 Å². The highest BCUT2D eigenvalue weighted by atomic mass is 16.5. The molecule has 0 aliphatic heterocycles. The summed E-state index contributed by atoms with van der Waals surface area (Å²) in [6.07, 6.45) is 3.35. The smallest absolute Gasteiger partial charge is 0.292 e. The van der Waals surface area contributed by atoms with Gasteiger partial charge in [-0.15, -0.1) is 0 Å². The molecular weight excluding hydrogens is 316 g/mol. The summed E-state index contributed by atoms with van der Waals surface area (Å²) in [5, 5.41) is 16.8. The highest BCUT2D eigenvalue weighted by Gasteiger charge is 2.39. The lowest BCUT2D eigenvalue weighted by molar-refractivity contribution is -0.116. The van der Waals surface area contributed by atoms with E-state index in [0.717, 1.165) is 32.1 Å². The molecule has 0 radical (unpaired) electrons. The van der Waals surface area contributed by atoms with Gasteiger partial charge in [-0.3, -0.25) is 4.79 Å². The molecule has 1 aromatic rings. The normalized spacial score (nSPS) is 15.8. The van der Waals surface area contributed by atoms with Crippen LogP contribution in [0.4, 0.5) is 5.69 Å². The largest absolute Gasteiger partial charge is 0.486 e. The summed E-state index contributed by atoms with van der Waals surface area (Å²) >= 11 is 0. The number of nitrogens with one attached hydrogen (secondary N) is 4. The number of likely N-dealkylation sites (N-methyl/N-ethyl adjacent to an activating group) is 1. The molecule has 1 amide bonds. The molecule has 0 bridgehead atoms. The fourth-order valence-electron chi connectivity index (χ4n) is 2.24. The second-order valence-corrected chi connectivity index (χ2v) is 6.59. The third-order valence-electron chi connectivity index (χ3n) is 4.16. The van der Waals surface area contributed by atoms with Crippen LogP contribution in [0.5, 0.6) is 0 Å². The van der Waals surface area contributed by atoms with E-state index in [1.54, 1.807) is 0 Å². The van der Waals surface area contributed by atoms with E-state index in [1.165, 1.54) is 0 Å². The van der Waals surface area contributed by atoms with Crippen LogP contribution in [-0.2, 0) is 9.53 Å². The van der Waals surface area contributed by atoms with Gasteiger partial charge in [-0.1, -0.05) is 32.0 Å². The van der Waals surface area contributed by atoms with Crippen molar-refractivity contribution in [1.82, 2.24) is 10.6 Å². The van der Waals surface area contributed by atoms with Crippen molar-refractivity contribution < 1.29 is 9.53 Å². The van der Waals surface area contributed by atoms with Crippen molar-refractivity contribution in [3.63, 3.8) is 0 Å². The molecule has 0 aromatic heterocycles. The van der Waals surface area contributed by atoms with Gasteiger partial charge in [-0.2, -0.15) is 0 Å². The minimum Gasteiger partial charge on any atom is -0.486 e. The van der Waals surface area contributed by atoms with Crippen LogP contribution in [0.1, 0.15) is 26.7 Å². The van der Waals surface area contributed by atoms with Crippen LogP contribution in [0, 0.1) is 10.8 Å². The topological polar surface area (TPSA) is 86.2 Å². The Balaban J connectivity index is 2.09. The molecule has 136 valence electrons. The number of para-hydroxylation sites is 1. The van der Waals surface area contributed by atoms with Gasteiger partial charge in [-0.05, 0) is 31.5 Å². The first-order valence-electron chi connectivity index (χ1n) is 8.76. The molecule has 0 unspecified atom stereocenters. The number of carbonyl (C=O) groups is 1. The quantitative estimate of drug-likeness (QED) is 0.215. The zero-order valence-corrected chi connectivity index (χ0v) is 15.0. The number of ether oxygens (including phenoxy) is 1. The van der Waals surface area contributed by atoms with Crippen LogP contribution in [-0.4, -0.2) is 38.4 Å². The Labute approximate surface area is 149 Å². The van der Waals surface area contributed by atoms with E-state index in [1.807, 2.05) is 37.3 Å². The Kier molecular flexibility index (Phi) is 7.01. The second-order valence-electron chi connectivity index (χ2n) is 6.59. The van der Waals surface area contributed by atoms with Crippen molar-refractivity contribution in [2.45, 2.75) is 26.7 Å². The molecule has 0 saturated heterocycles. The Bertz CT molecular complexity index is 609. The molecule has 1 aromatic carbocycles. The summed E-state index contributed by atoms with van der Waals surface area (Å²) in [5.41, 5.74) is 1.24. The monoisotopic (exact) mass is 344 g/mol. The van der Waals surface area contributed by atoms with E-state index in [4.69, 9.17) is 10.1 Å². The van der Waals surface area contributed by atoms with E-state index in [2.05, 4.69) is 22.9 Å². The number of rotatable bonds is 11. The third-order valence-corrected chi connectivity index (χ3v) is 4.16. The van der Waals surface area contributed by atoms with Gasteiger partial charge < -0.3 is 26.1 Å². The maximum Gasteiger partial charge on any atom is 0.292 e. The summed E-state index contributed by atoms with van der Waals surface area (Å²) in [5.74, 6) is -0.173. The molecule has 1 fully saturated rings. The predicted octanol–water partition coefficient (Wildman–Crippen LogP) is 2.50. The molecule has 2 rings (SSSR count). The summed E-state index contributed by atoms with van der Waals surface area (Å²) in [7, 11) is 0. The molecule has 6 heteroatoms. The van der Waals surface area contributed by atoms with Crippen LogP contribution in [0.2, 0.25) is 0 Å². The van der Waals surface area contributed by atoms with Crippen LogP contribution in [0.3, 0.4) is 0 Å². The number of amides is 1. The average Bonchev–Trinajstić information content (AvgIpc) is 3.35. The van der Waals surface area contributed by atoms with Crippen molar-refractivity contribution in [2.24, 2.45) is 5.41 Å². The zero-order valence-electron chi connectivity index (χ0n) is 15.0. The lowest BCUT2D eigenvalue weighted by Gasteiger charge is -2.17. The summed E-state index contributed by atoms with van der Waals surface area (Å²) in [6.45, 7) is 6.90. The number of benzene rings is 1. The first-order valence-corrected chi connectivity index (χ1v) is 8.76. The second kappa shape index (κ2) is 9.22. The molecule has 4 N–H and O–H groups in total. The lowest BCUT2D eigenvalue weighted by atomic mass is 10.2. The number of allylic oxidation sites excluding steroid dienone is 1. The zero-order chi connectivity index (χ0) is 18.1. The third kappa shape index (κ3) is 6.23. The molecular formula is C19H28N4O2. The maximum atomic E-state index is 12.7. The van der Waals surface area contributed by atoms with Gasteiger partial charge in [0.1, 0.15) is 5.70 Å². The number of hydrogen-bond donors (Lipinski definition) is 4. The van der Waals surface area contributed by atoms with Crippen molar-refractivity contribution in [1.29, 1.82) is 5.41 Å². The van der Waals surface area contributed by atoms with Gasteiger partial charge >= 0.3 is 0 Å². The SMILES string of the molecule is CCNCCN/C(C=N)=C(\OCC1(C)CC1)C(=O)Nc1ccccc1. The van der Waals surface area contributed by atoms with E-state index in [0.29, 0.717) is 24.5 Å². The molecule has 1 aliphatic rings. The average molecular weight is 344 g/mol. The molecule has 1 saturated carbocycles. The van der Waals surface area contributed by atoms with Gasteiger partial charge in [0, 0.05) is 30.4 Å². The number of hydrogen-bond acceptors (Lipinski definition) is 5. The summed E-state index contributed by atoms with van der Waals surface area (Å²) < 4.78 is 5.85. The minimum absolute atomic E-state index is 0.148. The van der Waals surface area contributed by atoms with Gasteiger partial charge in [0.2, 0.25) is 5.76 Å².